The van der Waals surface area contributed by atoms with E-state index in [2.05, 4.69) is 10.3 Å². The number of nitrogens with zero attached hydrogens (tertiary/aromatic N) is 1. The number of sulfone groups is 1. The van der Waals surface area contributed by atoms with Crippen molar-refractivity contribution >= 4 is 32.8 Å². The number of hydrogen-bond donors (Lipinski definition) is 1. The Morgan fingerprint density at radius 3 is 2.22 bits per heavy atom. The third-order valence-electron chi connectivity index (χ3n) is 4.64. The molecule has 0 spiro atoms. The van der Waals surface area contributed by atoms with E-state index in [9.17, 15) is 22.0 Å². The zero-order valence-electron chi connectivity index (χ0n) is 16.4. The summed E-state index contributed by atoms with van der Waals surface area (Å²) in [4.78, 5) is 16.5. The molecule has 0 aliphatic rings. The lowest BCUT2D eigenvalue weighted by Gasteiger charge is -2.10. The first-order valence-electron chi connectivity index (χ1n) is 9.40. The molecule has 5 nitrogen and oxygen atoms in total. The summed E-state index contributed by atoms with van der Waals surface area (Å²) in [5.41, 5.74) is 2.68. The van der Waals surface area contributed by atoms with Crippen LogP contribution < -0.4 is 5.32 Å². The molecule has 1 amide bonds. The van der Waals surface area contributed by atoms with Crippen LogP contribution in [0.3, 0.4) is 0 Å². The Bertz CT molecular complexity index is 1350. The zero-order valence-corrected chi connectivity index (χ0v) is 18.0. The average Bonchev–Trinajstić information content (AvgIpc) is 3.30. The number of rotatable bonds is 6. The van der Waals surface area contributed by atoms with Crippen molar-refractivity contribution < 1.29 is 22.0 Å². The molecule has 1 N–H and O–H groups in total. The summed E-state index contributed by atoms with van der Waals surface area (Å²) >= 11 is 1.52. The first-order chi connectivity index (χ1) is 15.4. The summed E-state index contributed by atoms with van der Waals surface area (Å²) < 4.78 is 49.7. The van der Waals surface area contributed by atoms with E-state index in [-0.39, 0.29) is 5.56 Å². The highest BCUT2D eigenvalue weighted by molar-refractivity contribution is 7.91. The minimum atomic E-state index is -4.91. The van der Waals surface area contributed by atoms with Gasteiger partial charge in [0, 0.05) is 22.2 Å². The normalized spacial score (nSPS) is 11.5. The molecule has 0 atom stereocenters. The van der Waals surface area contributed by atoms with Crippen molar-refractivity contribution in [3.8, 4) is 21.8 Å². The van der Waals surface area contributed by atoms with Crippen molar-refractivity contribution in [2.45, 2.75) is 10.7 Å². The summed E-state index contributed by atoms with van der Waals surface area (Å²) in [5, 5.41) is 5.37. The van der Waals surface area contributed by atoms with Gasteiger partial charge in [-0.25, -0.2) is 13.4 Å². The topological polar surface area (TPSA) is 76.1 Å². The predicted octanol–water partition coefficient (Wildman–Crippen LogP) is 5.73. The fourth-order valence-electron chi connectivity index (χ4n) is 3.04. The molecule has 162 valence electrons. The Kier molecular flexibility index (Phi) is 6.11. The van der Waals surface area contributed by atoms with Gasteiger partial charge in [0.2, 0.25) is 9.84 Å². The van der Waals surface area contributed by atoms with Crippen molar-refractivity contribution in [3.63, 3.8) is 0 Å². The Morgan fingerprint density at radius 2 is 1.53 bits per heavy atom. The van der Waals surface area contributed by atoms with Crippen LogP contribution in [0, 0.1) is 0 Å². The largest absolute Gasteiger partial charge is 0.341 e. The second-order valence-corrected chi connectivity index (χ2v) is 9.48. The van der Waals surface area contributed by atoms with E-state index in [1.807, 2.05) is 35.7 Å². The number of halogens is 2. The van der Waals surface area contributed by atoms with Crippen LogP contribution in [0.15, 0.2) is 89.1 Å². The number of alkyl halides is 2. The van der Waals surface area contributed by atoms with E-state index in [0.29, 0.717) is 5.69 Å². The molecule has 0 aliphatic carbocycles. The summed E-state index contributed by atoms with van der Waals surface area (Å²) in [6, 6.07) is 21.5. The highest BCUT2D eigenvalue weighted by Gasteiger charge is 2.30. The molecule has 0 unspecified atom stereocenters. The van der Waals surface area contributed by atoms with Gasteiger partial charge in [-0.3, -0.25) is 4.79 Å². The van der Waals surface area contributed by atoms with Gasteiger partial charge in [0.05, 0.1) is 16.2 Å². The molecular formula is C23H16F2N2O3S2. The number of amides is 1. The van der Waals surface area contributed by atoms with Gasteiger partial charge >= 0.3 is 5.76 Å². The molecular weight excluding hydrogens is 454 g/mol. The zero-order chi connectivity index (χ0) is 22.7. The summed E-state index contributed by atoms with van der Waals surface area (Å²) in [6.07, 6.45) is 0. The van der Waals surface area contributed by atoms with Crippen LogP contribution in [0.25, 0.3) is 21.8 Å². The van der Waals surface area contributed by atoms with Crippen molar-refractivity contribution in [1.29, 1.82) is 0 Å². The molecule has 1 heterocycles. The molecule has 0 saturated heterocycles. The fourth-order valence-corrected chi connectivity index (χ4v) is 4.80. The Morgan fingerprint density at radius 1 is 0.875 bits per heavy atom. The minimum absolute atomic E-state index is 0.344. The molecule has 0 bridgehead atoms. The number of nitrogens with one attached hydrogen (secondary N) is 1. The number of benzene rings is 3. The van der Waals surface area contributed by atoms with Crippen LogP contribution in [0.1, 0.15) is 10.4 Å². The fraction of sp³-hybridized carbons (Fsp3) is 0.0435. The van der Waals surface area contributed by atoms with E-state index < -0.39 is 26.4 Å². The molecule has 4 aromatic rings. The summed E-state index contributed by atoms with van der Waals surface area (Å²) in [7, 11) is -4.91. The van der Waals surface area contributed by atoms with E-state index in [1.54, 1.807) is 24.3 Å². The van der Waals surface area contributed by atoms with Gasteiger partial charge in [0.15, 0.2) is 0 Å². The first-order valence-corrected chi connectivity index (χ1v) is 11.8. The molecule has 0 fully saturated rings. The lowest BCUT2D eigenvalue weighted by Crippen LogP contribution is -2.19. The van der Waals surface area contributed by atoms with Gasteiger partial charge in [0.25, 0.3) is 5.91 Å². The van der Waals surface area contributed by atoms with Crippen molar-refractivity contribution in [2.75, 3.05) is 5.32 Å². The van der Waals surface area contributed by atoms with Crippen LogP contribution in [-0.4, -0.2) is 25.1 Å². The maximum Gasteiger partial charge on any atom is 0.341 e. The number of aromatic nitrogens is 1. The molecule has 0 saturated carbocycles. The highest BCUT2D eigenvalue weighted by atomic mass is 32.2. The van der Waals surface area contributed by atoms with Crippen LogP contribution in [0.2, 0.25) is 0 Å². The van der Waals surface area contributed by atoms with E-state index in [0.717, 1.165) is 27.9 Å². The average molecular weight is 471 g/mol. The van der Waals surface area contributed by atoms with Crippen molar-refractivity contribution in [2.24, 2.45) is 0 Å². The second-order valence-electron chi connectivity index (χ2n) is 6.74. The molecule has 9 heteroatoms. The lowest BCUT2D eigenvalue weighted by atomic mass is 10.1. The maximum atomic E-state index is 13.0. The number of thiazole rings is 1. The Balaban J connectivity index is 1.53. The van der Waals surface area contributed by atoms with Crippen LogP contribution in [0.5, 0.6) is 0 Å². The molecule has 3 aromatic carbocycles. The van der Waals surface area contributed by atoms with Gasteiger partial charge < -0.3 is 5.32 Å². The van der Waals surface area contributed by atoms with Gasteiger partial charge in [-0.1, -0.05) is 54.6 Å². The van der Waals surface area contributed by atoms with Crippen molar-refractivity contribution in [1.82, 2.24) is 4.98 Å². The SMILES string of the molecule is O=C(Nc1ccc(-c2csc(-c3ccccc3)n2)cc1)c1ccccc1S(=O)(=O)C(F)F. The van der Waals surface area contributed by atoms with Gasteiger partial charge in [-0.2, -0.15) is 8.78 Å². The quantitative estimate of drug-likeness (QED) is 0.391. The number of hydrogen-bond acceptors (Lipinski definition) is 5. The van der Waals surface area contributed by atoms with Gasteiger partial charge in [-0.15, -0.1) is 11.3 Å². The van der Waals surface area contributed by atoms with Crippen LogP contribution >= 0.6 is 11.3 Å². The maximum absolute atomic E-state index is 13.0. The molecule has 1 aromatic heterocycles. The number of carbonyl (C=O) groups is 1. The molecule has 4 rings (SSSR count). The van der Waals surface area contributed by atoms with Crippen LogP contribution in [0.4, 0.5) is 14.5 Å². The minimum Gasteiger partial charge on any atom is -0.322 e. The molecule has 32 heavy (non-hydrogen) atoms. The van der Waals surface area contributed by atoms with Crippen molar-refractivity contribution in [3.05, 3.63) is 89.8 Å². The summed E-state index contributed by atoms with van der Waals surface area (Å²) in [6.45, 7) is 0. The Hall–Kier alpha value is -3.43. The lowest BCUT2D eigenvalue weighted by molar-refractivity contribution is 0.102. The first kappa shape index (κ1) is 21.8. The van der Waals surface area contributed by atoms with Gasteiger partial charge in [0.1, 0.15) is 5.01 Å². The smallest absolute Gasteiger partial charge is 0.322 e. The molecule has 0 radical (unpaired) electrons. The van der Waals surface area contributed by atoms with Crippen LogP contribution in [-0.2, 0) is 9.84 Å². The number of anilines is 1. The predicted molar refractivity (Wildman–Crippen MR) is 121 cm³/mol. The third-order valence-corrected chi connectivity index (χ3v) is 6.97. The van der Waals surface area contributed by atoms with E-state index in [1.165, 1.54) is 29.5 Å². The highest BCUT2D eigenvalue weighted by Crippen LogP contribution is 2.29. The summed E-state index contributed by atoms with van der Waals surface area (Å²) in [5.74, 6) is -4.41. The number of carbonyl (C=O) groups excluding carboxylic acids is 1. The van der Waals surface area contributed by atoms with E-state index >= 15 is 0 Å². The Labute approximate surface area is 187 Å². The molecule has 0 aliphatic heterocycles. The third kappa shape index (κ3) is 4.44. The second kappa shape index (κ2) is 8.97. The van der Waals surface area contributed by atoms with Gasteiger partial charge in [-0.05, 0) is 24.3 Å². The monoisotopic (exact) mass is 470 g/mol. The van der Waals surface area contributed by atoms with E-state index in [4.69, 9.17) is 0 Å². The standard InChI is InChI=1S/C23H16F2N2O3S2/c24-23(25)32(29,30)20-9-5-4-8-18(20)21(28)26-17-12-10-15(11-13-17)19-14-31-22(27-19)16-6-2-1-3-7-16/h1-14,23H,(H,26,28).